The van der Waals surface area contributed by atoms with E-state index in [9.17, 15) is 9.59 Å². The number of ketones is 1. The van der Waals surface area contributed by atoms with Crippen molar-refractivity contribution in [1.29, 1.82) is 0 Å². The van der Waals surface area contributed by atoms with Gasteiger partial charge in [0, 0.05) is 28.5 Å². The first kappa shape index (κ1) is 18.0. The van der Waals surface area contributed by atoms with Crippen molar-refractivity contribution in [3.63, 3.8) is 0 Å². The Morgan fingerprint density at radius 1 is 1.30 bits per heavy atom. The molecule has 1 fully saturated rings. The molecule has 1 atom stereocenters. The average molecular weight is 353 g/mol. The number of hydrogen-bond donors (Lipinski definition) is 1. The monoisotopic (exact) mass is 352 g/mol. The van der Waals surface area contributed by atoms with Gasteiger partial charge in [0.15, 0.2) is 0 Å². The highest BCUT2D eigenvalue weighted by Gasteiger charge is 2.30. The van der Waals surface area contributed by atoms with Gasteiger partial charge >= 0.3 is 0 Å². The van der Waals surface area contributed by atoms with Crippen LogP contribution in [0.4, 0.5) is 0 Å². The highest BCUT2D eigenvalue weighted by molar-refractivity contribution is 8.00. The molecular weight excluding hydrogens is 332 g/mol. The Kier molecular flexibility index (Phi) is 5.87. The van der Waals surface area contributed by atoms with Gasteiger partial charge in [0.25, 0.3) is 5.91 Å². The lowest BCUT2D eigenvalue weighted by atomic mass is 9.76. The third-order valence-corrected chi connectivity index (χ3v) is 4.94. The Hall–Kier alpha value is -1.33. The van der Waals surface area contributed by atoms with Crippen molar-refractivity contribution < 1.29 is 9.59 Å². The predicted octanol–water partition coefficient (Wildman–Crippen LogP) is 4.07. The topological polar surface area (TPSA) is 58.5 Å². The van der Waals surface area contributed by atoms with Crippen LogP contribution in [0.3, 0.4) is 0 Å². The van der Waals surface area contributed by atoms with Gasteiger partial charge in [-0.25, -0.2) is 5.43 Å². The van der Waals surface area contributed by atoms with Gasteiger partial charge in [0.1, 0.15) is 5.78 Å². The first-order valence-corrected chi connectivity index (χ1v) is 8.80. The molecule has 1 aliphatic carbocycles. The molecule has 0 spiro atoms. The molecule has 1 amide bonds. The van der Waals surface area contributed by atoms with Gasteiger partial charge in [-0.2, -0.15) is 5.10 Å². The standard InChI is InChI=1S/C17H21ClN2O2S/c1-11(23-15-6-4-12(18)5-7-15)16(22)20-19-13-8-14(21)10-17(2,3)9-13/h4-7,11H,8-10H2,1-3H3,(H,20,22). The molecule has 2 rings (SSSR count). The molecule has 6 heteroatoms. The van der Waals surface area contributed by atoms with Crippen molar-refractivity contribution in [3.8, 4) is 0 Å². The van der Waals surface area contributed by atoms with Crippen molar-refractivity contribution in [2.24, 2.45) is 10.5 Å². The van der Waals surface area contributed by atoms with Gasteiger partial charge in [-0.3, -0.25) is 9.59 Å². The molecule has 23 heavy (non-hydrogen) atoms. The molecule has 4 nitrogen and oxygen atoms in total. The summed E-state index contributed by atoms with van der Waals surface area (Å²) in [6.07, 6.45) is 1.64. The van der Waals surface area contributed by atoms with Crippen LogP contribution >= 0.6 is 23.4 Å². The molecule has 124 valence electrons. The number of rotatable bonds is 4. The van der Waals surface area contributed by atoms with Gasteiger partial charge in [-0.1, -0.05) is 25.4 Å². The maximum absolute atomic E-state index is 12.1. The summed E-state index contributed by atoms with van der Waals surface area (Å²) in [4.78, 5) is 24.8. The zero-order valence-electron chi connectivity index (χ0n) is 13.6. The maximum Gasteiger partial charge on any atom is 0.253 e. The molecule has 1 saturated carbocycles. The number of carbonyl (C=O) groups excluding carboxylic acids is 2. The van der Waals surface area contributed by atoms with Crippen LogP contribution in [0.5, 0.6) is 0 Å². The summed E-state index contributed by atoms with van der Waals surface area (Å²) in [6.45, 7) is 5.91. The van der Waals surface area contributed by atoms with Crippen molar-refractivity contribution in [2.45, 2.75) is 50.2 Å². The zero-order chi connectivity index (χ0) is 17.0. The fourth-order valence-corrected chi connectivity index (χ4v) is 3.56. The smallest absolute Gasteiger partial charge is 0.253 e. The summed E-state index contributed by atoms with van der Waals surface area (Å²) in [7, 11) is 0. The minimum absolute atomic E-state index is 0.0808. The molecule has 1 unspecified atom stereocenters. The van der Waals surface area contributed by atoms with E-state index in [-0.39, 0.29) is 22.4 Å². The third-order valence-electron chi connectivity index (χ3n) is 3.58. The van der Waals surface area contributed by atoms with Crippen LogP contribution in [0.15, 0.2) is 34.3 Å². The molecule has 1 N–H and O–H groups in total. The van der Waals surface area contributed by atoms with Gasteiger partial charge in [0.2, 0.25) is 0 Å². The fraction of sp³-hybridized carbons (Fsp3) is 0.471. The van der Waals surface area contributed by atoms with E-state index in [0.717, 1.165) is 17.0 Å². The minimum Gasteiger partial charge on any atom is -0.299 e. The lowest BCUT2D eigenvalue weighted by Gasteiger charge is -2.29. The lowest BCUT2D eigenvalue weighted by Crippen LogP contribution is -2.33. The second-order valence-electron chi connectivity index (χ2n) is 6.60. The lowest BCUT2D eigenvalue weighted by molar-refractivity contribution is -0.121. The summed E-state index contributed by atoms with van der Waals surface area (Å²) in [5.41, 5.74) is 3.26. The van der Waals surface area contributed by atoms with Crippen LogP contribution in [-0.2, 0) is 9.59 Å². The van der Waals surface area contributed by atoms with Gasteiger partial charge in [0.05, 0.1) is 5.25 Å². The molecule has 0 aromatic heterocycles. The van der Waals surface area contributed by atoms with Crippen LogP contribution in [0, 0.1) is 5.41 Å². The molecule has 0 radical (unpaired) electrons. The number of hydrazone groups is 1. The van der Waals surface area contributed by atoms with Crippen LogP contribution in [0.25, 0.3) is 0 Å². The predicted molar refractivity (Wildman–Crippen MR) is 95.0 cm³/mol. The highest BCUT2D eigenvalue weighted by Crippen LogP contribution is 2.31. The number of nitrogens with one attached hydrogen (secondary N) is 1. The molecule has 1 aliphatic rings. The number of hydrogen-bond acceptors (Lipinski definition) is 4. The SMILES string of the molecule is CC(Sc1ccc(Cl)cc1)C(=O)NN=C1CC(=O)CC(C)(C)C1. The van der Waals surface area contributed by atoms with Gasteiger partial charge in [-0.15, -0.1) is 11.8 Å². The second-order valence-corrected chi connectivity index (χ2v) is 8.45. The van der Waals surface area contributed by atoms with E-state index >= 15 is 0 Å². The van der Waals surface area contributed by atoms with Crippen LogP contribution in [0.2, 0.25) is 5.02 Å². The first-order valence-electron chi connectivity index (χ1n) is 7.54. The van der Waals surface area contributed by atoms with Crippen LogP contribution in [-0.4, -0.2) is 22.7 Å². The number of halogens is 1. The van der Waals surface area contributed by atoms with E-state index in [1.165, 1.54) is 11.8 Å². The largest absolute Gasteiger partial charge is 0.299 e. The third kappa shape index (κ3) is 5.66. The highest BCUT2D eigenvalue weighted by atomic mass is 35.5. The average Bonchev–Trinajstić information content (AvgIpc) is 2.45. The summed E-state index contributed by atoms with van der Waals surface area (Å²) >= 11 is 7.29. The number of nitrogens with zero attached hydrogens (tertiary/aromatic N) is 1. The van der Waals surface area contributed by atoms with Crippen molar-refractivity contribution in [1.82, 2.24) is 5.43 Å². The van der Waals surface area contributed by atoms with Crippen LogP contribution in [0.1, 0.15) is 40.0 Å². The first-order chi connectivity index (χ1) is 10.7. The molecule has 1 aromatic carbocycles. The van der Waals surface area contributed by atoms with E-state index in [0.29, 0.717) is 17.9 Å². The van der Waals surface area contributed by atoms with Crippen LogP contribution < -0.4 is 5.43 Å². The number of amides is 1. The van der Waals surface area contributed by atoms with E-state index in [1.807, 2.05) is 32.9 Å². The van der Waals surface area contributed by atoms with E-state index in [4.69, 9.17) is 11.6 Å². The van der Waals surface area contributed by atoms with E-state index < -0.39 is 0 Å². The second kappa shape index (κ2) is 7.49. The van der Waals surface area contributed by atoms with Gasteiger partial charge < -0.3 is 0 Å². The van der Waals surface area contributed by atoms with Crippen molar-refractivity contribution >= 4 is 40.8 Å². The Morgan fingerprint density at radius 3 is 2.57 bits per heavy atom. The number of Topliss-reactive ketones (excluding diaryl/α,β-unsaturated/α-hetero) is 1. The number of thioether (sulfide) groups is 1. The van der Waals surface area contributed by atoms with Crippen molar-refractivity contribution in [2.75, 3.05) is 0 Å². The minimum atomic E-state index is -0.284. The molecule has 0 bridgehead atoms. The molecule has 0 aliphatic heterocycles. The summed E-state index contributed by atoms with van der Waals surface area (Å²) < 4.78 is 0. The molecule has 0 saturated heterocycles. The zero-order valence-corrected chi connectivity index (χ0v) is 15.1. The van der Waals surface area contributed by atoms with Crippen molar-refractivity contribution in [3.05, 3.63) is 29.3 Å². The Labute approximate surface area is 146 Å². The molecule has 1 aromatic rings. The Balaban J connectivity index is 1.91. The van der Waals surface area contributed by atoms with E-state index in [2.05, 4.69) is 10.5 Å². The number of benzene rings is 1. The molecule has 0 heterocycles. The summed E-state index contributed by atoms with van der Waals surface area (Å²) in [5.74, 6) is 0.00566. The Morgan fingerprint density at radius 2 is 1.96 bits per heavy atom. The number of carbonyl (C=O) groups is 2. The fourth-order valence-electron chi connectivity index (χ4n) is 2.58. The summed E-state index contributed by atoms with van der Waals surface area (Å²) in [5, 5.41) is 4.55. The Bertz CT molecular complexity index is 626. The van der Waals surface area contributed by atoms with Gasteiger partial charge in [-0.05, 0) is 43.0 Å². The summed E-state index contributed by atoms with van der Waals surface area (Å²) in [6, 6.07) is 7.35. The maximum atomic E-state index is 12.1. The van der Waals surface area contributed by atoms with E-state index in [1.54, 1.807) is 12.1 Å². The molecular formula is C17H21ClN2O2S. The quantitative estimate of drug-likeness (QED) is 0.656. The normalized spacial score (nSPS) is 20.3.